The molecule has 0 unspecified atom stereocenters. The van der Waals surface area contributed by atoms with E-state index in [1.165, 1.54) is 25.7 Å². The number of carbonyl (C=O) groups is 2. The quantitative estimate of drug-likeness (QED) is 0.429. The number of allylic oxidation sites excluding steroid dienone is 2. The average molecular weight is 297 g/mol. The Bertz CT molecular complexity index is 313. The van der Waals surface area contributed by atoms with Crippen molar-refractivity contribution in [2.24, 2.45) is 0 Å². The highest BCUT2D eigenvalue weighted by Crippen LogP contribution is 2.11. The molecule has 0 aliphatic carbocycles. The van der Waals surface area contributed by atoms with E-state index in [1.54, 1.807) is 19.1 Å². The zero-order valence-corrected chi connectivity index (χ0v) is 13.8. The first-order chi connectivity index (χ1) is 10.1. The summed E-state index contributed by atoms with van der Waals surface area (Å²) in [5.41, 5.74) is 0. The molecule has 0 saturated heterocycles. The van der Waals surface area contributed by atoms with Crippen molar-refractivity contribution >= 4 is 11.9 Å². The zero-order chi connectivity index (χ0) is 15.9. The predicted octanol–water partition coefficient (Wildman–Crippen LogP) is 4.39. The van der Waals surface area contributed by atoms with Gasteiger partial charge in [-0.1, -0.05) is 51.5 Å². The molecule has 0 aromatic rings. The van der Waals surface area contributed by atoms with Crippen LogP contribution in [-0.4, -0.2) is 24.5 Å². The molecule has 4 nitrogen and oxygen atoms in total. The molecule has 0 fully saturated rings. The maximum atomic E-state index is 11.7. The van der Waals surface area contributed by atoms with Crippen LogP contribution in [0.3, 0.4) is 0 Å². The first-order valence-electron chi connectivity index (χ1n) is 8.22. The van der Waals surface area contributed by atoms with Gasteiger partial charge in [-0.3, -0.25) is 4.79 Å². The largest absolute Gasteiger partial charge is 0.450 e. The maximum Gasteiger partial charge on any atom is 0.407 e. The molecule has 0 aliphatic rings. The van der Waals surface area contributed by atoms with E-state index in [2.05, 4.69) is 12.2 Å². The van der Waals surface area contributed by atoms with E-state index in [-0.39, 0.29) is 11.8 Å². The SMILES string of the molecule is C/C=C/C(=O)C[C@@H](CCCCCCCC)NC(=O)OCC. The number of hydrogen-bond donors (Lipinski definition) is 1. The van der Waals surface area contributed by atoms with Crippen molar-refractivity contribution in [3.8, 4) is 0 Å². The summed E-state index contributed by atoms with van der Waals surface area (Å²) in [5.74, 6) is 0.0466. The summed E-state index contributed by atoms with van der Waals surface area (Å²) in [6.07, 6.45) is 11.2. The number of rotatable bonds is 12. The minimum absolute atomic E-state index is 0.0466. The summed E-state index contributed by atoms with van der Waals surface area (Å²) in [4.78, 5) is 23.2. The van der Waals surface area contributed by atoms with Gasteiger partial charge in [-0.05, 0) is 26.3 Å². The summed E-state index contributed by atoms with van der Waals surface area (Å²) >= 11 is 0. The lowest BCUT2D eigenvalue weighted by atomic mass is 10.0. The van der Waals surface area contributed by atoms with E-state index < -0.39 is 6.09 Å². The number of carbonyl (C=O) groups excluding carboxylic acids is 2. The highest BCUT2D eigenvalue weighted by atomic mass is 16.5. The average Bonchev–Trinajstić information content (AvgIpc) is 2.43. The number of ketones is 1. The summed E-state index contributed by atoms with van der Waals surface area (Å²) in [6.45, 7) is 6.14. The molecule has 1 atom stereocenters. The van der Waals surface area contributed by atoms with Crippen LogP contribution in [0.1, 0.15) is 72.1 Å². The van der Waals surface area contributed by atoms with Crippen LogP contribution in [0.5, 0.6) is 0 Å². The summed E-state index contributed by atoms with van der Waals surface area (Å²) in [6, 6.07) is -0.126. The van der Waals surface area contributed by atoms with E-state index in [1.807, 2.05) is 6.92 Å². The molecule has 0 saturated carbocycles. The summed E-state index contributed by atoms with van der Waals surface area (Å²) < 4.78 is 4.89. The standard InChI is InChI=1S/C17H31NO3/c1-4-7-8-9-10-11-13-15(14-16(19)12-5-2)18-17(20)21-6-3/h5,12,15H,4,6-11,13-14H2,1-3H3,(H,18,20)/b12-5+/t15-/m1/s1. The van der Waals surface area contributed by atoms with Gasteiger partial charge in [-0.15, -0.1) is 0 Å². The number of amides is 1. The van der Waals surface area contributed by atoms with Gasteiger partial charge in [0.25, 0.3) is 0 Å². The Morgan fingerprint density at radius 1 is 1.10 bits per heavy atom. The Morgan fingerprint density at radius 2 is 1.76 bits per heavy atom. The molecule has 1 N–H and O–H groups in total. The fraction of sp³-hybridized carbons (Fsp3) is 0.765. The smallest absolute Gasteiger partial charge is 0.407 e. The molecule has 0 heterocycles. The van der Waals surface area contributed by atoms with Crippen LogP contribution >= 0.6 is 0 Å². The van der Waals surface area contributed by atoms with Gasteiger partial charge in [0.15, 0.2) is 5.78 Å². The van der Waals surface area contributed by atoms with Gasteiger partial charge >= 0.3 is 6.09 Å². The normalized spacial score (nSPS) is 12.3. The van der Waals surface area contributed by atoms with Gasteiger partial charge in [0.2, 0.25) is 0 Å². The lowest BCUT2D eigenvalue weighted by Crippen LogP contribution is -2.36. The number of ether oxygens (including phenoxy) is 1. The van der Waals surface area contributed by atoms with Crippen molar-refractivity contribution in [2.75, 3.05) is 6.61 Å². The molecule has 0 aliphatic heterocycles. The molecular formula is C17H31NO3. The Labute approximate surface area is 129 Å². The van der Waals surface area contributed by atoms with E-state index in [9.17, 15) is 9.59 Å². The summed E-state index contributed by atoms with van der Waals surface area (Å²) in [7, 11) is 0. The van der Waals surface area contributed by atoms with E-state index in [0.29, 0.717) is 13.0 Å². The monoisotopic (exact) mass is 297 g/mol. The fourth-order valence-electron chi connectivity index (χ4n) is 2.23. The number of alkyl carbamates (subject to hydrolysis) is 1. The van der Waals surface area contributed by atoms with Gasteiger partial charge in [0.1, 0.15) is 0 Å². The molecular weight excluding hydrogens is 266 g/mol. The summed E-state index contributed by atoms with van der Waals surface area (Å²) in [5, 5.41) is 2.79. The minimum atomic E-state index is -0.429. The Kier molecular flexibility index (Phi) is 12.8. The van der Waals surface area contributed by atoms with Crippen molar-refractivity contribution in [1.29, 1.82) is 0 Å². The molecule has 0 rings (SSSR count). The molecule has 1 amide bonds. The van der Waals surface area contributed by atoms with Gasteiger partial charge in [-0.25, -0.2) is 4.79 Å². The predicted molar refractivity (Wildman–Crippen MR) is 86.4 cm³/mol. The van der Waals surface area contributed by atoms with Crippen LogP contribution in [0.25, 0.3) is 0 Å². The van der Waals surface area contributed by atoms with Crippen LogP contribution < -0.4 is 5.32 Å². The fourth-order valence-corrected chi connectivity index (χ4v) is 2.23. The van der Waals surface area contributed by atoms with Crippen molar-refractivity contribution in [3.05, 3.63) is 12.2 Å². The van der Waals surface area contributed by atoms with Gasteiger partial charge in [0, 0.05) is 12.5 Å². The topological polar surface area (TPSA) is 55.4 Å². The third-order valence-corrected chi connectivity index (χ3v) is 3.30. The molecule has 0 bridgehead atoms. The maximum absolute atomic E-state index is 11.7. The van der Waals surface area contributed by atoms with E-state index in [4.69, 9.17) is 4.74 Å². The third-order valence-electron chi connectivity index (χ3n) is 3.30. The Balaban J connectivity index is 4.11. The third kappa shape index (κ3) is 12.2. The second-order valence-corrected chi connectivity index (χ2v) is 5.29. The lowest BCUT2D eigenvalue weighted by molar-refractivity contribution is -0.115. The van der Waals surface area contributed by atoms with E-state index in [0.717, 1.165) is 19.3 Å². The molecule has 0 spiro atoms. The van der Waals surface area contributed by atoms with Gasteiger partial charge in [0.05, 0.1) is 6.61 Å². The number of unbranched alkanes of at least 4 members (excludes halogenated alkanes) is 5. The second kappa shape index (κ2) is 13.7. The van der Waals surface area contributed by atoms with Crippen LogP contribution in [0.15, 0.2) is 12.2 Å². The molecule has 0 aromatic carbocycles. The number of nitrogens with one attached hydrogen (secondary N) is 1. The van der Waals surface area contributed by atoms with Crippen molar-refractivity contribution in [3.63, 3.8) is 0 Å². The van der Waals surface area contributed by atoms with Gasteiger partial charge < -0.3 is 10.1 Å². The van der Waals surface area contributed by atoms with Crippen molar-refractivity contribution in [2.45, 2.75) is 78.2 Å². The van der Waals surface area contributed by atoms with Gasteiger partial charge in [-0.2, -0.15) is 0 Å². The van der Waals surface area contributed by atoms with Crippen LogP contribution in [0.4, 0.5) is 4.79 Å². The van der Waals surface area contributed by atoms with Crippen LogP contribution in [0, 0.1) is 0 Å². The Hall–Kier alpha value is -1.32. The van der Waals surface area contributed by atoms with Crippen molar-refractivity contribution < 1.29 is 14.3 Å². The first-order valence-corrected chi connectivity index (χ1v) is 8.22. The number of hydrogen-bond acceptors (Lipinski definition) is 3. The molecule has 21 heavy (non-hydrogen) atoms. The minimum Gasteiger partial charge on any atom is -0.450 e. The lowest BCUT2D eigenvalue weighted by Gasteiger charge is -2.17. The highest BCUT2D eigenvalue weighted by Gasteiger charge is 2.15. The zero-order valence-electron chi connectivity index (χ0n) is 13.8. The molecule has 122 valence electrons. The Morgan fingerprint density at radius 3 is 2.38 bits per heavy atom. The second-order valence-electron chi connectivity index (χ2n) is 5.29. The van der Waals surface area contributed by atoms with Crippen LogP contribution in [-0.2, 0) is 9.53 Å². The van der Waals surface area contributed by atoms with Crippen molar-refractivity contribution in [1.82, 2.24) is 5.32 Å². The van der Waals surface area contributed by atoms with E-state index >= 15 is 0 Å². The molecule has 4 heteroatoms. The first kappa shape index (κ1) is 19.7. The molecule has 0 aromatic heterocycles. The molecule has 0 radical (unpaired) electrons. The van der Waals surface area contributed by atoms with Crippen LogP contribution in [0.2, 0.25) is 0 Å². The highest BCUT2D eigenvalue weighted by molar-refractivity contribution is 5.90.